The third-order valence-corrected chi connectivity index (χ3v) is 4.37. The Bertz CT molecular complexity index is 675. The predicted molar refractivity (Wildman–Crippen MR) is 92.3 cm³/mol. The summed E-state index contributed by atoms with van der Waals surface area (Å²) >= 11 is 0. The third-order valence-electron chi connectivity index (χ3n) is 4.37. The predicted octanol–water partition coefficient (Wildman–Crippen LogP) is 2.68. The van der Waals surface area contributed by atoms with Gasteiger partial charge in [0.25, 0.3) is 0 Å². The molecule has 5 nitrogen and oxygen atoms in total. The molecule has 122 valence electrons. The number of anilines is 1. The molecule has 0 saturated heterocycles. The van der Waals surface area contributed by atoms with Crippen LogP contribution < -0.4 is 10.6 Å². The highest BCUT2D eigenvalue weighted by molar-refractivity contribution is 5.92. The van der Waals surface area contributed by atoms with Crippen LogP contribution in [-0.4, -0.2) is 29.1 Å². The molecule has 1 aliphatic rings. The number of hydrogen-bond donors (Lipinski definition) is 2. The molecule has 0 bridgehead atoms. The minimum absolute atomic E-state index is 0.0327. The maximum absolute atomic E-state index is 12.0. The first-order valence-corrected chi connectivity index (χ1v) is 8.29. The first-order chi connectivity index (χ1) is 11.2. The lowest BCUT2D eigenvalue weighted by Gasteiger charge is -2.17. The van der Waals surface area contributed by atoms with Gasteiger partial charge >= 0.3 is 0 Å². The number of carbonyl (C=O) groups excluding carboxylic acids is 1. The standard InChI is InChI=1S/C18H24N4O/c1-13(11-19-2)18(23)21-15-8-6-14(7-9-15)17-20-12-16-5-3-4-10-22(16)17/h6-9,12-13,19H,3-5,10-11H2,1-2H3,(H,21,23). The number of amides is 1. The van der Waals surface area contributed by atoms with E-state index in [2.05, 4.69) is 20.2 Å². The maximum atomic E-state index is 12.0. The molecule has 1 unspecified atom stereocenters. The fourth-order valence-corrected chi connectivity index (χ4v) is 3.03. The molecular weight excluding hydrogens is 288 g/mol. The van der Waals surface area contributed by atoms with Gasteiger partial charge in [0.2, 0.25) is 5.91 Å². The molecule has 23 heavy (non-hydrogen) atoms. The summed E-state index contributed by atoms with van der Waals surface area (Å²) in [5, 5.41) is 5.97. The molecule has 0 aliphatic carbocycles. The van der Waals surface area contributed by atoms with Gasteiger partial charge in [0.15, 0.2) is 0 Å². The lowest BCUT2D eigenvalue weighted by Crippen LogP contribution is -2.28. The van der Waals surface area contributed by atoms with Gasteiger partial charge in [-0.25, -0.2) is 4.98 Å². The van der Waals surface area contributed by atoms with Gasteiger partial charge in [0.05, 0.1) is 0 Å². The molecule has 5 heteroatoms. The minimum Gasteiger partial charge on any atom is -0.328 e. The quantitative estimate of drug-likeness (QED) is 0.892. The number of aromatic nitrogens is 2. The Morgan fingerprint density at radius 1 is 1.30 bits per heavy atom. The van der Waals surface area contributed by atoms with E-state index in [9.17, 15) is 4.79 Å². The van der Waals surface area contributed by atoms with Crippen molar-refractivity contribution in [2.75, 3.05) is 18.9 Å². The van der Waals surface area contributed by atoms with E-state index in [1.807, 2.05) is 44.4 Å². The second kappa shape index (κ2) is 6.96. The minimum atomic E-state index is -0.0565. The number of rotatable bonds is 5. The average Bonchev–Trinajstić information content (AvgIpc) is 3.00. The zero-order valence-electron chi connectivity index (χ0n) is 13.8. The monoisotopic (exact) mass is 312 g/mol. The van der Waals surface area contributed by atoms with Crippen molar-refractivity contribution in [3.8, 4) is 11.4 Å². The zero-order valence-corrected chi connectivity index (χ0v) is 13.8. The van der Waals surface area contributed by atoms with Crippen molar-refractivity contribution in [3.63, 3.8) is 0 Å². The number of carbonyl (C=O) groups is 1. The molecular formula is C18H24N4O. The van der Waals surface area contributed by atoms with Gasteiger partial charge < -0.3 is 15.2 Å². The second-order valence-electron chi connectivity index (χ2n) is 6.21. The largest absolute Gasteiger partial charge is 0.328 e. The van der Waals surface area contributed by atoms with Crippen LogP contribution in [0.4, 0.5) is 5.69 Å². The van der Waals surface area contributed by atoms with Crippen LogP contribution in [0.3, 0.4) is 0 Å². The van der Waals surface area contributed by atoms with E-state index in [1.165, 1.54) is 18.5 Å². The van der Waals surface area contributed by atoms with Crippen LogP contribution in [0.2, 0.25) is 0 Å². The number of benzene rings is 1. The summed E-state index contributed by atoms with van der Waals surface area (Å²) in [5.74, 6) is 1.01. The average molecular weight is 312 g/mol. The Kier molecular flexibility index (Phi) is 4.76. The van der Waals surface area contributed by atoms with Crippen molar-refractivity contribution in [2.24, 2.45) is 5.92 Å². The Morgan fingerprint density at radius 3 is 2.83 bits per heavy atom. The molecule has 1 atom stereocenters. The number of imidazole rings is 1. The van der Waals surface area contributed by atoms with E-state index >= 15 is 0 Å². The fraction of sp³-hybridized carbons (Fsp3) is 0.444. The summed E-state index contributed by atoms with van der Waals surface area (Å²) in [6.07, 6.45) is 5.57. The van der Waals surface area contributed by atoms with Crippen molar-refractivity contribution >= 4 is 11.6 Å². The summed E-state index contributed by atoms with van der Waals surface area (Å²) in [5.41, 5.74) is 3.25. The summed E-state index contributed by atoms with van der Waals surface area (Å²) in [6, 6.07) is 7.96. The van der Waals surface area contributed by atoms with Crippen molar-refractivity contribution < 1.29 is 4.79 Å². The van der Waals surface area contributed by atoms with E-state index in [1.54, 1.807) is 0 Å². The molecule has 2 heterocycles. The Morgan fingerprint density at radius 2 is 2.09 bits per heavy atom. The number of fused-ring (bicyclic) bond motifs is 1. The maximum Gasteiger partial charge on any atom is 0.228 e. The first-order valence-electron chi connectivity index (χ1n) is 8.29. The number of aryl methyl sites for hydroxylation is 1. The van der Waals surface area contributed by atoms with E-state index in [-0.39, 0.29) is 11.8 Å². The highest BCUT2D eigenvalue weighted by atomic mass is 16.1. The molecule has 0 saturated carbocycles. The fourth-order valence-electron chi connectivity index (χ4n) is 3.03. The Hall–Kier alpha value is -2.14. The number of hydrogen-bond acceptors (Lipinski definition) is 3. The molecule has 0 fully saturated rings. The molecule has 2 N–H and O–H groups in total. The Balaban J connectivity index is 1.72. The molecule has 1 amide bonds. The first kappa shape index (κ1) is 15.7. The van der Waals surface area contributed by atoms with Gasteiger partial charge in [-0.15, -0.1) is 0 Å². The number of nitrogens with one attached hydrogen (secondary N) is 2. The Labute approximate surface area is 137 Å². The van der Waals surface area contributed by atoms with E-state index in [4.69, 9.17) is 0 Å². The van der Waals surface area contributed by atoms with Crippen molar-refractivity contribution in [2.45, 2.75) is 32.7 Å². The summed E-state index contributed by atoms with van der Waals surface area (Å²) in [4.78, 5) is 16.6. The van der Waals surface area contributed by atoms with Gasteiger partial charge in [0, 0.05) is 42.1 Å². The van der Waals surface area contributed by atoms with Crippen LogP contribution in [0.25, 0.3) is 11.4 Å². The summed E-state index contributed by atoms with van der Waals surface area (Å²) < 4.78 is 2.31. The van der Waals surface area contributed by atoms with E-state index in [0.717, 1.165) is 30.0 Å². The van der Waals surface area contributed by atoms with Crippen molar-refractivity contribution in [1.29, 1.82) is 0 Å². The van der Waals surface area contributed by atoms with Gasteiger partial charge in [-0.05, 0) is 50.6 Å². The van der Waals surface area contributed by atoms with Crippen LogP contribution in [0, 0.1) is 5.92 Å². The van der Waals surface area contributed by atoms with Crippen molar-refractivity contribution in [3.05, 3.63) is 36.2 Å². The van der Waals surface area contributed by atoms with Gasteiger partial charge in [-0.3, -0.25) is 4.79 Å². The lowest BCUT2D eigenvalue weighted by atomic mass is 10.1. The summed E-state index contributed by atoms with van der Waals surface area (Å²) in [6.45, 7) is 3.63. The van der Waals surface area contributed by atoms with Crippen LogP contribution in [0.5, 0.6) is 0 Å². The van der Waals surface area contributed by atoms with Gasteiger partial charge in [-0.2, -0.15) is 0 Å². The highest BCUT2D eigenvalue weighted by Gasteiger charge is 2.15. The number of nitrogens with zero attached hydrogens (tertiary/aromatic N) is 2. The van der Waals surface area contributed by atoms with Gasteiger partial charge in [0.1, 0.15) is 5.82 Å². The molecule has 0 radical (unpaired) electrons. The molecule has 0 spiro atoms. The SMILES string of the molecule is CNCC(C)C(=O)Nc1ccc(-c2ncc3n2CCCC3)cc1. The molecule has 1 aromatic carbocycles. The lowest BCUT2D eigenvalue weighted by molar-refractivity contribution is -0.119. The van der Waals surface area contributed by atoms with Crippen LogP contribution in [0.15, 0.2) is 30.5 Å². The molecule has 1 aromatic heterocycles. The normalized spacial score (nSPS) is 15.0. The molecule has 1 aliphatic heterocycles. The smallest absolute Gasteiger partial charge is 0.228 e. The van der Waals surface area contributed by atoms with E-state index in [0.29, 0.717) is 6.54 Å². The molecule has 2 aromatic rings. The van der Waals surface area contributed by atoms with Crippen molar-refractivity contribution in [1.82, 2.24) is 14.9 Å². The van der Waals surface area contributed by atoms with Gasteiger partial charge in [-0.1, -0.05) is 6.92 Å². The second-order valence-corrected chi connectivity index (χ2v) is 6.21. The van der Waals surface area contributed by atoms with Crippen LogP contribution >= 0.6 is 0 Å². The highest BCUT2D eigenvalue weighted by Crippen LogP contribution is 2.25. The summed E-state index contributed by atoms with van der Waals surface area (Å²) in [7, 11) is 1.85. The van der Waals surface area contributed by atoms with Crippen LogP contribution in [0.1, 0.15) is 25.5 Å². The topological polar surface area (TPSA) is 59.0 Å². The zero-order chi connectivity index (χ0) is 16.2. The van der Waals surface area contributed by atoms with Crippen LogP contribution in [-0.2, 0) is 17.8 Å². The van der Waals surface area contributed by atoms with E-state index < -0.39 is 0 Å². The molecule has 3 rings (SSSR count). The third kappa shape index (κ3) is 3.45.